The van der Waals surface area contributed by atoms with Gasteiger partial charge in [0.2, 0.25) is 8.41 Å². The number of benzene rings is 3. The van der Waals surface area contributed by atoms with Gasteiger partial charge in [0.25, 0.3) is 5.91 Å². The van der Waals surface area contributed by atoms with Crippen LogP contribution in [0.25, 0.3) is 0 Å². The molecule has 3 aromatic carbocycles. The van der Waals surface area contributed by atoms with E-state index in [1.807, 2.05) is 59.6 Å². The maximum atomic E-state index is 15.8. The van der Waals surface area contributed by atoms with Crippen LogP contribution >= 0.6 is 0 Å². The Bertz CT molecular complexity index is 1750. The van der Waals surface area contributed by atoms with Crippen molar-refractivity contribution in [2.45, 2.75) is 87.9 Å². The van der Waals surface area contributed by atoms with Crippen LogP contribution in [0, 0.1) is 5.92 Å². The zero-order valence-electron chi connectivity index (χ0n) is 30.0. The van der Waals surface area contributed by atoms with Crippen molar-refractivity contribution in [1.29, 1.82) is 0 Å². The number of carbonyl (C=O) groups excluding carboxylic acids is 1. The minimum absolute atomic E-state index is 0.0373. The van der Waals surface area contributed by atoms with Crippen molar-refractivity contribution in [1.82, 2.24) is 20.3 Å². The fourth-order valence-corrected chi connectivity index (χ4v) is 11.5. The number of aliphatic hydroxyl groups excluding tert-OH is 1. The highest BCUT2D eigenvalue weighted by Crippen LogP contribution is 2.47. The second kappa shape index (κ2) is 15.0. The molecule has 3 aliphatic rings. The van der Waals surface area contributed by atoms with Gasteiger partial charge in [0.15, 0.2) is 0 Å². The van der Waals surface area contributed by atoms with Gasteiger partial charge in [-0.15, -0.1) is 5.10 Å². The number of para-hydroxylation sites is 1. The molecule has 0 saturated carbocycles. The van der Waals surface area contributed by atoms with E-state index in [-0.39, 0.29) is 42.1 Å². The number of aromatic nitrogens is 3. The summed E-state index contributed by atoms with van der Waals surface area (Å²) in [5.74, 6) is 0.0452. The summed E-state index contributed by atoms with van der Waals surface area (Å²) in [6, 6.07) is 28.5. The van der Waals surface area contributed by atoms with Gasteiger partial charge in [-0.2, -0.15) is 0 Å². The highest BCUT2D eigenvalue weighted by molar-refractivity contribution is 6.72. The molecule has 1 spiro atoms. The standard InChI is InChI=1S/C40H51FN6O3Si/c1-29-36(50-37(38(29)51(2,3)41)20-25-45-26-35(43-44-45)34(27-48)31-10-6-4-7-11-31)19-16-30-14-17-32(18-15-30)46-28-47(33-12-8-5-9-13-33)40(39(46)49)21-23-42-24-22-40/h4-15,17-18,26,29,34,36-38,42,48H,16,19-25,27-28H2,1-3H3/t29-,34?,36+,37-,38+/m0/s1. The number of hydrogen-bond acceptors (Lipinski definition) is 7. The van der Waals surface area contributed by atoms with Gasteiger partial charge in [0, 0.05) is 29.7 Å². The third-order valence-electron chi connectivity index (χ3n) is 11.5. The molecule has 5 atom stereocenters. The SMILES string of the molecule is C[C@@H]1[C@@H]([Si](C)(C)F)[C@H](CCn2cc(C(CO)c3ccccc3)nn2)O[C@@H]1CCc1ccc(N2CN(c3ccccc3)C3(CCNCC3)C2=O)cc1. The minimum Gasteiger partial charge on any atom is -0.395 e. The molecule has 1 amide bonds. The molecule has 3 aliphatic heterocycles. The largest absolute Gasteiger partial charge is 0.395 e. The Morgan fingerprint density at radius 2 is 1.65 bits per heavy atom. The summed E-state index contributed by atoms with van der Waals surface area (Å²) in [6.07, 6.45) is 5.51. The number of nitrogens with one attached hydrogen (secondary N) is 1. The fraction of sp³-hybridized carbons (Fsp3) is 0.475. The van der Waals surface area contributed by atoms with E-state index >= 15 is 4.11 Å². The van der Waals surface area contributed by atoms with Crippen LogP contribution in [0.15, 0.2) is 91.1 Å². The molecule has 9 nitrogen and oxygen atoms in total. The lowest BCUT2D eigenvalue weighted by molar-refractivity contribution is -0.122. The van der Waals surface area contributed by atoms with E-state index in [2.05, 4.69) is 63.9 Å². The average Bonchev–Trinajstić information content (AvgIpc) is 3.82. The van der Waals surface area contributed by atoms with Crippen molar-refractivity contribution in [3.05, 3.63) is 108 Å². The molecule has 1 unspecified atom stereocenters. The van der Waals surface area contributed by atoms with E-state index < -0.39 is 13.9 Å². The molecule has 0 radical (unpaired) electrons. The van der Waals surface area contributed by atoms with E-state index in [4.69, 9.17) is 4.74 Å². The molecule has 2 N–H and O–H groups in total. The van der Waals surface area contributed by atoms with Crippen molar-refractivity contribution in [2.24, 2.45) is 5.92 Å². The Hall–Kier alpha value is -3.90. The van der Waals surface area contributed by atoms with E-state index in [1.54, 1.807) is 17.8 Å². The van der Waals surface area contributed by atoms with Crippen molar-refractivity contribution in [2.75, 3.05) is 36.2 Å². The number of piperidine rings is 1. The number of ether oxygens (including phenoxy) is 1. The summed E-state index contributed by atoms with van der Waals surface area (Å²) in [4.78, 5) is 18.3. The monoisotopic (exact) mass is 710 g/mol. The second-order valence-corrected chi connectivity index (χ2v) is 18.9. The smallest absolute Gasteiger partial charge is 0.254 e. The van der Waals surface area contributed by atoms with Gasteiger partial charge in [-0.05, 0) is 99.6 Å². The zero-order chi connectivity index (χ0) is 35.6. The molecule has 51 heavy (non-hydrogen) atoms. The Balaban J connectivity index is 0.985. The third kappa shape index (κ3) is 7.26. The number of nitrogens with zero attached hydrogens (tertiary/aromatic N) is 5. The molecular weight excluding hydrogens is 660 g/mol. The van der Waals surface area contributed by atoms with E-state index in [1.165, 1.54) is 5.56 Å². The van der Waals surface area contributed by atoms with E-state index in [0.717, 1.165) is 61.4 Å². The van der Waals surface area contributed by atoms with Crippen LogP contribution in [0.2, 0.25) is 18.6 Å². The molecule has 7 rings (SSSR count). The van der Waals surface area contributed by atoms with Gasteiger partial charge >= 0.3 is 0 Å². The van der Waals surface area contributed by atoms with Crippen LogP contribution in [0.1, 0.15) is 55.3 Å². The van der Waals surface area contributed by atoms with E-state index in [9.17, 15) is 9.90 Å². The number of hydrogen-bond donors (Lipinski definition) is 2. The predicted molar refractivity (Wildman–Crippen MR) is 201 cm³/mol. The molecule has 4 aromatic rings. The van der Waals surface area contributed by atoms with Gasteiger partial charge in [0.05, 0.1) is 37.1 Å². The summed E-state index contributed by atoms with van der Waals surface area (Å²) in [5, 5.41) is 22.2. The number of rotatable bonds is 12. The van der Waals surface area contributed by atoms with Crippen LogP contribution in [0.3, 0.4) is 0 Å². The van der Waals surface area contributed by atoms with Gasteiger partial charge in [-0.1, -0.05) is 72.8 Å². The third-order valence-corrected chi connectivity index (χ3v) is 14.0. The predicted octanol–water partition coefficient (Wildman–Crippen LogP) is 6.31. The van der Waals surface area contributed by atoms with Gasteiger partial charge in [-0.25, -0.2) is 0 Å². The van der Waals surface area contributed by atoms with Crippen LogP contribution in [0.5, 0.6) is 0 Å². The molecule has 0 bridgehead atoms. The van der Waals surface area contributed by atoms with Gasteiger partial charge in [0.1, 0.15) is 5.54 Å². The topological polar surface area (TPSA) is 95.8 Å². The molecule has 3 fully saturated rings. The van der Waals surface area contributed by atoms with Gasteiger partial charge < -0.3 is 24.2 Å². The number of aliphatic hydroxyl groups is 1. The number of anilines is 2. The Kier molecular flexibility index (Phi) is 10.4. The summed E-state index contributed by atoms with van der Waals surface area (Å²) in [7, 11) is -3.03. The lowest BCUT2D eigenvalue weighted by atomic mass is 9.86. The highest BCUT2D eigenvalue weighted by Gasteiger charge is 2.53. The molecule has 270 valence electrons. The normalized spacial score (nSPS) is 24.1. The van der Waals surface area contributed by atoms with Crippen molar-refractivity contribution >= 4 is 25.7 Å². The first kappa shape index (κ1) is 35.5. The molecule has 3 saturated heterocycles. The number of amides is 1. The molecule has 11 heteroatoms. The Morgan fingerprint density at radius 1 is 0.961 bits per heavy atom. The lowest BCUT2D eigenvalue weighted by Gasteiger charge is -2.39. The minimum atomic E-state index is -3.03. The molecular formula is C40H51FN6O3Si. The Morgan fingerprint density at radius 3 is 2.31 bits per heavy atom. The number of carbonyl (C=O) groups is 1. The van der Waals surface area contributed by atoms with Crippen LogP contribution < -0.4 is 15.1 Å². The maximum Gasteiger partial charge on any atom is 0.254 e. The Labute approximate surface area is 302 Å². The summed E-state index contributed by atoms with van der Waals surface area (Å²) >= 11 is 0. The highest BCUT2D eigenvalue weighted by atomic mass is 28.4. The lowest BCUT2D eigenvalue weighted by Crippen LogP contribution is -2.55. The first-order valence-corrected chi connectivity index (χ1v) is 21.5. The summed E-state index contributed by atoms with van der Waals surface area (Å²) in [5.41, 5.74) is 4.26. The van der Waals surface area contributed by atoms with Crippen LogP contribution in [-0.4, -0.2) is 78.5 Å². The molecule has 0 aliphatic carbocycles. The first-order valence-electron chi connectivity index (χ1n) is 18.5. The van der Waals surface area contributed by atoms with Crippen molar-refractivity contribution in [3.8, 4) is 0 Å². The van der Waals surface area contributed by atoms with Crippen molar-refractivity contribution in [3.63, 3.8) is 0 Å². The van der Waals surface area contributed by atoms with E-state index in [0.29, 0.717) is 19.6 Å². The summed E-state index contributed by atoms with van der Waals surface area (Å²) < 4.78 is 24.3. The quantitative estimate of drug-likeness (QED) is 0.132. The number of aryl methyl sites for hydroxylation is 2. The summed E-state index contributed by atoms with van der Waals surface area (Å²) in [6.45, 7) is 8.47. The molecule has 1 aromatic heterocycles. The van der Waals surface area contributed by atoms with Crippen LogP contribution in [-0.2, 0) is 22.5 Å². The molecule has 4 heterocycles. The first-order chi connectivity index (χ1) is 24.7. The second-order valence-electron chi connectivity index (χ2n) is 15.1. The maximum absolute atomic E-state index is 15.8. The van der Waals surface area contributed by atoms with Crippen molar-refractivity contribution < 1.29 is 18.7 Å². The zero-order valence-corrected chi connectivity index (χ0v) is 31.0. The van der Waals surface area contributed by atoms with Crippen LogP contribution in [0.4, 0.5) is 15.5 Å². The van der Waals surface area contributed by atoms with Gasteiger partial charge in [-0.3, -0.25) is 14.4 Å². The fourth-order valence-electron chi connectivity index (χ4n) is 8.86. The number of halogens is 1. The average molecular weight is 711 g/mol.